The molecule has 84 valence electrons. The highest BCUT2D eigenvalue weighted by Gasteiger charge is 2.15. The van der Waals surface area contributed by atoms with Crippen molar-refractivity contribution in [2.75, 3.05) is 0 Å². The molecule has 0 aliphatic carbocycles. The van der Waals surface area contributed by atoms with Gasteiger partial charge in [-0.05, 0) is 42.0 Å². The predicted molar refractivity (Wildman–Crippen MR) is 74.0 cm³/mol. The summed E-state index contributed by atoms with van der Waals surface area (Å²) < 4.78 is 1.12. The molecule has 0 aliphatic heterocycles. The molecule has 0 radical (unpaired) electrons. The summed E-state index contributed by atoms with van der Waals surface area (Å²) >= 11 is 5.34. The highest BCUT2D eigenvalue weighted by atomic mass is 79.9. The maximum Gasteiger partial charge on any atom is 0.0659 e. The molecule has 0 fully saturated rings. The third-order valence-electron chi connectivity index (χ3n) is 2.74. The Balaban J connectivity index is 2.46. The van der Waals surface area contributed by atoms with E-state index in [4.69, 9.17) is 5.73 Å². The summed E-state index contributed by atoms with van der Waals surface area (Å²) in [6.07, 6.45) is 0. The maximum atomic E-state index is 6.31. The molecular weight excluding hydrogens is 282 g/mol. The second-order valence-electron chi connectivity index (χ2n) is 3.92. The van der Waals surface area contributed by atoms with Gasteiger partial charge in [0.15, 0.2) is 0 Å². The number of hydrogen-bond acceptors (Lipinski definition) is 2. The van der Waals surface area contributed by atoms with E-state index < -0.39 is 0 Å². The van der Waals surface area contributed by atoms with Crippen molar-refractivity contribution in [3.63, 3.8) is 0 Å². The van der Waals surface area contributed by atoms with Gasteiger partial charge in [-0.3, -0.25) is 0 Å². The van der Waals surface area contributed by atoms with Crippen molar-refractivity contribution in [2.24, 2.45) is 5.73 Å². The van der Waals surface area contributed by atoms with Gasteiger partial charge in [0, 0.05) is 9.35 Å². The molecular formula is C13H14BrNS. The van der Waals surface area contributed by atoms with Crippen LogP contribution in [0.2, 0.25) is 0 Å². The first kappa shape index (κ1) is 11.8. The number of benzene rings is 1. The van der Waals surface area contributed by atoms with Crippen LogP contribution in [0.4, 0.5) is 0 Å². The van der Waals surface area contributed by atoms with Crippen LogP contribution in [0, 0.1) is 13.8 Å². The van der Waals surface area contributed by atoms with Gasteiger partial charge < -0.3 is 5.73 Å². The highest BCUT2D eigenvalue weighted by molar-refractivity contribution is 9.10. The molecule has 0 spiro atoms. The molecule has 0 bridgehead atoms. The van der Waals surface area contributed by atoms with E-state index in [-0.39, 0.29) is 6.04 Å². The molecule has 3 heteroatoms. The van der Waals surface area contributed by atoms with Crippen LogP contribution in [0.5, 0.6) is 0 Å². The van der Waals surface area contributed by atoms with Crippen molar-refractivity contribution in [1.82, 2.24) is 0 Å². The Kier molecular flexibility index (Phi) is 3.47. The second kappa shape index (κ2) is 4.70. The van der Waals surface area contributed by atoms with Gasteiger partial charge in [-0.25, -0.2) is 0 Å². The van der Waals surface area contributed by atoms with Gasteiger partial charge in [0.1, 0.15) is 0 Å². The van der Waals surface area contributed by atoms with E-state index in [9.17, 15) is 0 Å². The monoisotopic (exact) mass is 295 g/mol. The lowest BCUT2D eigenvalue weighted by Crippen LogP contribution is -2.12. The van der Waals surface area contributed by atoms with Crippen molar-refractivity contribution in [2.45, 2.75) is 19.9 Å². The normalized spacial score (nSPS) is 12.8. The zero-order valence-corrected chi connectivity index (χ0v) is 11.7. The van der Waals surface area contributed by atoms with Crippen LogP contribution >= 0.6 is 27.3 Å². The highest BCUT2D eigenvalue weighted by Crippen LogP contribution is 2.32. The van der Waals surface area contributed by atoms with E-state index in [2.05, 4.69) is 59.4 Å². The summed E-state index contributed by atoms with van der Waals surface area (Å²) in [4.78, 5) is 1.24. The van der Waals surface area contributed by atoms with E-state index in [0.717, 1.165) is 10.0 Å². The van der Waals surface area contributed by atoms with Crippen molar-refractivity contribution >= 4 is 27.3 Å². The van der Waals surface area contributed by atoms with Crippen molar-refractivity contribution in [1.29, 1.82) is 0 Å². The van der Waals surface area contributed by atoms with Crippen LogP contribution in [-0.4, -0.2) is 0 Å². The third kappa shape index (κ3) is 2.08. The number of rotatable bonds is 2. The Labute approximate surface area is 108 Å². The Morgan fingerprint density at radius 1 is 1.19 bits per heavy atom. The fraction of sp³-hybridized carbons (Fsp3) is 0.231. The van der Waals surface area contributed by atoms with E-state index in [1.165, 1.54) is 16.0 Å². The maximum absolute atomic E-state index is 6.31. The fourth-order valence-electron chi connectivity index (χ4n) is 1.75. The molecule has 16 heavy (non-hydrogen) atoms. The minimum atomic E-state index is -0.0331. The van der Waals surface area contributed by atoms with Gasteiger partial charge in [0.05, 0.1) is 6.04 Å². The number of halogens is 1. The molecule has 1 atom stereocenters. The Hall–Kier alpha value is -0.640. The largest absolute Gasteiger partial charge is 0.320 e. The molecule has 1 aromatic carbocycles. The second-order valence-corrected chi connectivity index (χ2v) is 5.66. The summed E-state index contributed by atoms with van der Waals surface area (Å²) in [6.45, 7) is 4.19. The van der Waals surface area contributed by atoms with E-state index in [1.807, 2.05) is 0 Å². The van der Waals surface area contributed by atoms with Crippen molar-refractivity contribution in [3.05, 3.63) is 55.7 Å². The Bertz CT molecular complexity index is 504. The Morgan fingerprint density at radius 3 is 2.56 bits per heavy atom. The number of thiophene rings is 1. The molecule has 1 unspecified atom stereocenters. The van der Waals surface area contributed by atoms with Gasteiger partial charge in [-0.15, -0.1) is 11.3 Å². The van der Waals surface area contributed by atoms with Crippen LogP contribution in [0.25, 0.3) is 0 Å². The van der Waals surface area contributed by atoms with Crippen LogP contribution in [0.15, 0.2) is 34.1 Å². The molecule has 0 saturated carbocycles. The number of aryl methyl sites for hydroxylation is 2. The quantitative estimate of drug-likeness (QED) is 0.884. The summed E-state index contributed by atoms with van der Waals surface area (Å²) in [5.41, 5.74) is 9.96. The summed E-state index contributed by atoms with van der Waals surface area (Å²) in [5, 5.41) is 2.09. The fourth-order valence-corrected chi connectivity index (χ4v) is 3.21. The average Bonchev–Trinajstić information content (AvgIpc) is 2.68. The first-order chi connectivity index (χ1) is 7.61. The van der Waals surface area contributed by atoms with Gasteiger partial charge in [0.25, 0.3) is 0 Å². The van der Waals surface area contributed by atoms with Crippen molar-refractivity contribution in [3.8, 4) is 0 Å². The van der Waals surface area contributed by atoms with E-state index in [1.54, 1.807) is 11.3 Å². The minimum Gasteiger partial charge on any atom is -0.320 e. The van der Waals surface area contributed by atoms with Gasteiger partial charge in [-0.2, -0.15) is 0 Å². The van der Waals surface area contributed by atoms with E-state index in [0.29, 0.717) is 0 Å². The molecule has 0 saturated heterocycles. The lowest BCUT2D eigenvalue weighted by Gasteiger charge is -2.15. The van der Waals surface area contributed by atoms with Crippen LogP contribution in [0.1, 0.15) is 27.6 Å². The molecule has 1 heterocycles. The van der Waals surface area contributed by atoms with Crippen LogP contribution in [-0.2, 0) is 0 Å². The minimum absolute atomic E-state index is 0.0331. The molecule has 2 aromatic rings. The molecule has 1 aromatic heterocycles. The number of hydrogen-bond donors (Lipinski definition) is 1. The lowest BCUT2D eigenvalue weighted by molar-refractivity contribution is 0.877. The molecule has 2 rings (SSSR count). The SMILES string of the molecule is Cc1ccsc1C(N)c1cccc(C)c1Br. The molecule has 1 nitrogen and oxygen atoms in total. The smallest absolute Gasteiger partial charge is 0.0659 e. The van der Waals surface area contributed by atoms with E-state index >= 15 is 0 Å². The van der Waals surface area contributed by atoms with Gasteiger partial charge in [0.2, 0.25) is 0 Å². The summed E-state index contributed by atoms with van der Waals surface area (Å²) in [5.74, 6) is 0. The van der Waals surface area contributed by atoms with Crippen molar-refractivity contribution < 1.29 is 0 Å². The lowest BCUT2D eigenvalue weighted by atomic mass is 10.0. The molecule has 0 amide bonds. The first-order valence-corrected chi connectivity index (χ1v) is 6.83. The predicted octanol–water partition coefficient (Wildman–Crippen LogP) is 4.18. The standard InChI is InChI=1S/C13H14BrNS/c1-8-4-3-5-10(11(8)14)12(15)13-9(2)6-7-16-13/h3-7,12H,15H2,1-2H3. The summed E-state index contributed by atoms with van der Waals surface area (Å²) in [6, 6.07) is 8.30. The average molecular weight is 296 g/mol. The van der Waals surface area contributed by atoms with Crippen LogP contribution in [0.3, 0.4) is 0 Å². The zero-order valence-electron chi connectivity index (χ0n) is 9.33. The van der Waals surface area contributed by atoms with Gasteiger partial charge >= 0.3 is 0 Å². The number of nitrogens with two attached hydrogens (primary N) is 1. The Morgan fingerprint density at radius 2 is 1.94 bits per heavy atom. The van der Waals surface area contributed by atoms with Gasteiger partial charge in [-0.1, -0.05) is 34.1 Å². The van der Waals surface area contributed by atoms with Crippen LogP contribution < -0.4 is 5.73 Å². The third-order valence-corrected chi connectivity index (χ3v) is 4.93. The zero-order chi connectivity index (χ0) is 11.7. The molecule has 0 aliphatic rings. The molecule has 2 N–H and O–H groups in total. The first-order valence-electron chi connectivity index (χ1n) is 5.16. The summed E-state index contributed by atoms with van der Waals surface area (Å²) in [7, 11) is 0. The topological polar surface area (TPSA) is 26.0 Å².